The van der Waals surface area contributed by atoms with E-state index in [0.29, 0.717) is 0 Å². The van der Waals surface area contributed by atoms with Crippen molar-refractivity contribution in [3.05, 3.63) is 29.8 Å². The number of hydrogen-bond acceptors (Lipinski definition) is 1. The van der Waals surface area contributed by atoms with Crippen LogP contribution in [0, 0.1) is 0 Å². The maximum Gasteiger partial charge on any atom is 0.208 e. The van der Waals surface area contributed by atoms with E-state index in [9.17, 15) is 0 Å². The molecule has 16 heavy (non-hydrogen) atoms. The van der Waals surface area contributed by atoms with E-state index in [1.165, 1.54) is 48.9 Å². The number of benzene rings is 1. The molecule has 0 radical (unpaired) electrons. The number of rotatable bonds is 4. The van der Waals surface area contributed by atoms with Gasteiger partial charge >= 0.3 is 0 Å². The summed E-state index contributed by atoms with van der Waals surface area (Å²) in [5.74, 6) is 0. The Kier molecular flexibility index (Phi) is 4.61. The summed E-state index contributed by atoms with van der Waals surface area (Å²) in [4.78, 5) is 0. The number of aryl methyl sites for hydroxylation is 1. The lowest BCUT2D eigenvalue weighted by atomic mass is 10.1. The van der Waals surface area contributed by atoms with Crippen LogP contribution in [0.1, 0.15) is 38.2 Å². The van der Waals surface area contributed by atoms with Crippen molar-refractivity contribution in [2.75, 3.05) is 6.61 Å². The van der Waals surface area contributed by atoms with Gasteiger partial charge in [0.05, 0.1) is 0 Å². The van der Waals surface area contributed by atoms with E-state index in [4.69, 9.17) is 4.43 Å². The average Bonchev–Trinajstić information content (AvgIpc) is 2.38. The minimum absolute atomic E-state index is 0.995. The minimum atomic E-state index is -1.03. The highest BCUT2D eigenvalue weighted by Gasteiger charge is 2.17. The van der Waals surface area contributed by atoms with Crippen LogP contribution < -0.4 is 5.19 Å². The average molecular weight is 234 g/mol. The molecular formula is C14H22OSi. The quantitative estimate of drug-likeness (QED) is 0.728. The first-order chi connectivity index (χ1) is 7.90. The highest BCUT2D eigenvalue weighted by atomic mass is 28.3. The van der Waals surface area contributed by atoms with Crippen molar-refractivity contribution < 1.29 is 4.43 Å². The van der Waals surface area contributed by atoms with Crippen molar-refractivity contribution in [2.24, 2.45) is 0 Å². The normalized spacial score (nSPS) is 20.9. The molecule has 0 amide bonds. The van der Waals surface area contributed by atoms with Gasteiger partial charge < -0.3 is 4.43 Å². The van der Waals surface area contributed by atoms with Gasteiger partial charge in [0, 0.05) is 6.61 Å². The molecule has 1 unspecified atom stereocenters. The van der Waals surface area contributed by atoms with E-state index in [1.807, 2.05) is 0 Å². The summed E-state index contributed by atoms with van der Waals surface area (Å²) in [5.41, 5.74) is 1.48. The molecule has 1 aromatic carbocycles. The van der Waals surface area contributed by atoms with Crippen molar-refractivity contribution in [1.29, 1.82) is 0 Å². The van der Waals surface area contributed by atoms with Gasteiger partial charge in [0.15, 0.2) is 0 Å². The summed E-state index contributed by atoms with van der Waals surface area (Å²) in [6.07, 6.45) is 6.44. The lowest BCUT2D eigenvalue weighted by Crippen LogP contribution is -2.36. The molecule has 1 atom stereocenters. The number of unbranched alkanes of at least 4 members (excludes halogenated alkanes) is 1. The fourth-order valence-corrected chi connectivity index (χ4v) is 4.71. The van der Waals surface area contributed by atoms with Crippen LogP contribution in [0.4, 0.5) is 0 Å². The van der Waals surface area contributed by atoms with Gasteiger partial charge in [-0.1, -0.05) is 44.0 Å². The molecule has 1 nitrogen and oxygen atoms in total. The summed E-state index contributed by atoms with van der Waals surface area (Å²) in [7, 11) is -1.03. The third-order valence-electron chi connectivity index (χ3n) is 3.35. The van der Waals surface area contributed by atoms with Crippen LogP contribution in [-0.4, -0.2) is 15.6 Å². The SMILES string of the molecule is CCCCc1ccc([SiH]2CCCCO2)cc1. The summed E-state index contributed by atoms with van der Waals surface area (Å²) >= 11 is 0. The second kappa shape index (κ2) is 6.21. The van der Waals surface area contributed by atoms with Crippen LogP contribution in [0.25, 0.3) is 0 Å². The fraction of sp³-hybridized carbons (Fsp3) is 0.571. The molecule has 0 spiro atoms. The molecule has 0 aromatic heterocycles. The van der Waals surface area contributed by atoms with Crippen molar-refractivity contribution in [3.63, 3.8) is 0 Å². The molecule has 0 aliphatic carbocycles. The van der Waals surface area contributed by atoms with Crippen molar-refractivity contribution in [2.45, 2.75) is 45.1 Å². The van der Waals surface area contributed by atoms with E-state index in [-0.39, 0.29) is 0 Å². The molecule has 1 aliphatic heterocycles. The van der Waals surface area contributed by atoms with Gasteiger partial charge in [0.2, 0.25) is 9.04 Å². The Hall–Kier alpha value is -0.603. The van der Waals surface area contributed by atoms with Gasteiger partial charge in [0.25, 0.3) is 0 Å². The molecule has 0 N–H and O–H groups in total. The van der Waals surface area contributed by atoms with Crippen LogP contribution in [0.3, 0.4) is 0 Å². The van der Waals surface area contributed by atoms with Crippen LogP contribution in [0.2, 0.25) is 6.04 Å². The highest BCUT2D eigenvalue weighted by Crippen LogP contribution is 2.12. The fourth-order valence-electron chi connectivity index (χ4n) is 2.28. The Morgan fingerprint density at radius 2 is 2.00 bits per heavy atom. The molecule has 0 bridgehead atoms. The topological polar surface area (TPSA) is 9.23 Å². The van der Waals surface area contributed by atoms with Gasteiger partial charge in [0.1, 0.15) is 0 Å². The van der Waals surface area contributed by atoms with Gasteiger partial charge in [-0.05, 0) is 36.1 Å². The maximum absolute atomic E-state index is 5.92. The first-order valence-corrected chi connectivity index (χ1v) is 8.47. The summed E-state index contributed by atoms with van der Waals surface area (Å²) in [6, 6.07) is 10.6. The van der Waals surface area contributed by atoms with Gasteiger partial charge in [-0.25, -0.2) is 0 Å². The van der Waals surface area contributed by atoms with E-state index in [2.05, 4.69) is 31.2 Å². The Balaban J connectivity index is 1.95. The number of hydrogen-bond donors (Lipinski definition) is 0. The molecule has 2 rings (SSSR count). The lowest BCUT2D eigenvalue weighted by molar-refractivity contribution is 0.294. The molecule has 1 fully saturated rings. The molecule has 88 valence electrons. The molecule has 1 aromatic rings. The second-order valence-corrected chi connectivity index (χ2v) is 7.25. The van der Waals surface area contributed by atoms with E-state index < -0.39 is 9.04 Å². The molecule has 2 heteroatoms. The standard InChI is InChI=1S/C14H22OSi/c1-2-3-6-13-7-9-14(10-8-13)16-12-5-4-11-15-16/h7-10,16H,2-6,11-12H2,1H3. The molecular weight excluding hydrogens is 212 g/mol. The second-order valence-electron chi connectivity index (χ2n) is 4.70. The molecule has 1 saturated heterocycles. The molecule has 1 heterocycles. The summed E-state index contributed by atoms with van der Waals surface area (Å²) in [6.45, 7) is 3.24. The first kappa shape index (κ1) is 11.9. The zero-order valence-corrected chi connectivity index (χ0v) is 11.4. The molecule has 0 saturated carbocycles. The third-order valence-corrected chi connectivity index (χ3v) is 6.05. The highest BCUT2D eigenvalue weighted by molar-refractivity contribution is 6.67. The Morgan fingerprint density at radius 3 is 2.62 bits per heavy atom. The first-order valence-electron chi connectivity index (χ1n) is 6.60. The van der Waals surface area contributed by atoms with E-state index in [0.717, 1.165) is 6.61 Å². The van der Waals surface area contributed by atoms with Crippen molar-refractivity contribution in [1.82, 2.24) is 0 Å². The Bertz CT molecular complexity index is 301. The lowest BCUT2D eigenvalue weighted by Gasteiger charge is -2.21. The smallest absolute Gasteiger partial charge is 0.208 e. The zero-order valence-electron chi connectivity index (χ0n) is 10.2. The Morgan fingerprint density at radius 1 is 1.19 bits per heavy atom. The van der Waals surface area contributed by atoms with Crippen LogP contribution in [0.5, 0.6) is 0 Å². The monoisotopic (exact) mass is 234 g/mol. The predicted molar refractivity (Wildman–Crippen MR) is 71.8 cm³/mol. The van der Waals surface area contributed by atoms with Gasteiger partial charge in [-0.3, -0.25) is 0 Å². The van der Waals surface area contributed by atoms with Crippen molar-refractivity contribution >= 4 is 14.2 Å². The van der Waals surface area contributed by atoms with Crippen LogP contribution in [-0.2, 0) is 10.8 Å². The Labute approximate surface area is 101 Å². The van der Waals surface area contributed by atoms with Crippen molar-refractivity contribution in [3.8, 4) is 0 Å². The van der Waals surface area contributed by atoms with E-state index in [1.54, 1.807) is 0 Å². The predicted octanol–water partition coefficient (Wildman–Crippen LogP) is 2.77. The largest absolute Gasteiger partial charge is 0.415 e. The van der Waals surface area contributed by atoms with Crippen LogP contribution >= 0.6 is 0 Å². The zero-order chi connectivity index (χ0) is 11.2. The van der Waals surface area contributed by atoms with E-state index >= 15 is 0 Å². The minimum Gasteiger partial charge on any atom is -0.415 e. The van der Waals surface area contributed by atoms with Gasteiger partial charge in [-0.15, -0.1) is 0 Å². The maximum atomic E-state index is 5.92. The third kappa shape index (κ3) is 3.19. The summed E-state index contributed by atoms with van der Waals surface area (Å²) < 4.78 is 5.92. The molecule has 1 aliphatic rings. The summed E-state index contributed by atoms with van der Waals surface area (Å²) in [5, 5.41) is 1.50. The van der Waals surface area contributed by atoms with Crippen LogP contribution in [0.15, 0.2) is 24.3 Å². The van der Waals surface area contributed by atoms with Gasteiger partial charge in [-0.2, -0.15) is 0 Å².